The van der Waals surface area contributed by atoms with Gasteiger partial charge in [0.25, 0.3) is 0 Å². The molecule has 1 saturated carbocycles. The highest BCUT2D eigenvalue weighted by atomic mass is 19.1. The van der Waals surface area contributed by atoms with Crippen LogP contribution in [0.15, 0.2) is 36.4 Å². The summed E-state index contributed by atoms with van der Waals surface area (Å²) in [5.74, 6) is 2.03. The number of fused-ring (bicyclic) bond motifs is 1. The van der Waals surface area contributed by atoms with Gasteiger partial charge in [-0.3, -0.25) is 0 Å². The van der Waals surface area contributed by atoms with Gasteiger partial charge in [0.1, 0.15) is 12.4 Å². The molecule has 3 atom stereocenters. The summed E-state index contributed by atoms with van der Waals surface area (Å²) in [6.45, 7) is 2.24. The molecule has 2 aliphatic rings. The van der Waals surface area contributed by atoms with E-state index in [2.05, 4.69) is 10.3 Å². The minimum Gasteiger partial charge on any atom is -0.473 e. The predicted molar refractivity (Wildman–Crippen MR) is 82.3 cm³/mol. The largest absolute Gasteiger partial charge is 0.473 e. The lowest BCUT2D eigenvalue weighted by Gasteiger charge is -2.09. The van der Waals surface area contributed by atoms with Crippen LogP contribution in [0.2, 0.25) is 0 Å². The zero-order valence-corrected chi connectivity index (χ0v) is 12.5. The molecule has 1 saturated heterocycles. The maximum atomic E-state index is 13.9. The van der Waals surface area contributed by atoms with Gasteiger partial charge in [-0.2, -0.15) is 5.26 Å². The van der Waals surface area contributed by atoms with E-state index in [0.717, 1.165) is 18.8 Å². The highest BCUT2D eigenvalue weighted by Gasteiger charge is 2.54. The number of benzene rings is 1. The van der Waals surface area contributed by atoms with E-state index in [1.165, 1.54) is 6.07 Å². The summed E-state index contributed by atoms with van der Waals surface area (Å²) >= 11 is 0. The van der Waals surface area contributed by atoms with Gasteiger partial charge in [-0.25, -0.2) is 9.37 Å². The first-order valence-electron chi connectivity index (χ1n) is 7.75. The third-order valence-electron chi connectivity index (χ3n) is 4.74. The van der Waals surface area contributed by atoms with Gasteiger partial charge in [-0.1, -0.05) is 12.1 Å². The van der Waals surface area contributed by atoms with Crippen molar-refractivity contribution in [2.45, 2.75) is 12.5 Å². The average Bonchev–Trinajstić information content (AvgIpc) is 3.06. The van der Waals surface area contributed by atoms with Crippen LogP contribution in [-0.2, 0) is 6.61 Å². The molecule has 4 nitrogen and oxygen atoms in total. The summed E-state index contributed by atoms with van der Waals surface area (Å²) in [6.07, 6.45) is 0. The Morgan fingerprint density at radius 2 is 2.09 bits per heavy atom. The number of hydrogen-bond acceptors (Lipinski definition) is 4. The van der Waals surface area contributed by atoms with E-state index in [1.807, 2.05) is 18.2 Å². The molecule has 116 valence electrons. The van der Waals surface area contributed by atoms with Gasteiger partial charge in [0, 0.05) is 23.2 Å². The van der Waals surface area contributed by atoms with Gasteiger partial charge in [0.2, 0.25) is 5.88 Å². The Morgan fingerprint density at radius 1 is 1.26 bits per heavy atom. The first kappa shape index (κ1) is 14.2. The highest BCUT2D eigenvalue weighted by Crippen LogP contribution is 2.55. The SMILES string of the molecule is N#Cc1ccc(COc2cccc(C3[C@H]4CNC[C@@H]34)n2)c(F)c1. The molecular weight excluding hydrogens is 293 g/mol. The van der Waals surface area contributed by atoms with Crippen LogP contribution in [0.5, 0.6) is 5.88 Å². The van der Waals surface area contributed by atoms with Crippen molar-refractivity contribution in [2.75, 3.05) is 13.1 Å². The summed E-state index contributed by atoms with van der Waals surface area (Å²) in [7, 11) is 0. The van der Waals surface area contributed by atoms with Crippen LogP contribution in [0.4, 0.5) is 4.39 Å². The quantitative estimate of drug-likeness (QED) is 0.943. The molecule has 2 aromatic rings. The molecule has 1 aliphatic heterocycles. The molecular formula is C18H16FN3O. The summed E-state index contributed by atoms with van der Waals surface area (Å²) < 4.78 is 19.5. The van der Waals surface area contributed by atoms with Gasteiger partial charge < -0.3 is 10.1 Å². The van der Waals surface area contributed by atoms with Crippen LogP contribution >= 0.6 is 0 Å². The summed E-state index contributed by atoms with van der Waals surface area (Å²) in [6, 6.07) is 12.1. The fourth-order valence-corrected chi connectivity index (χ4v) is 3.44. The van der Waals surface area contributed by atoms with Gasteiger partial charge in [-0.05, 0) is 43.1 Å². The number of rotatable bonds is 4. The Hall–Kier alpha value is -2.45. The monoisotopic (exact) mass is 309 g/mol. The van der Waals surface area contributed by atoms with E-state index in [4.69, 9.17) is 10.00 Å². The van der Waals surface area contributed by atoms with E-state index in [-0.39, 0.29) is 6.61 Å². The molecule has 0 radical (unpaired) electrons. The van der Waals surface area contributed by atoms with E-state index < -0.39 is 5.82 Å². The molecule has 1 N–H and O–H groups in total. The zero-order chi connectivity index (χ0) is 15.8. The molecule has 0 bridgehead atoms. The number of pyridine rings is 1. The van der Waals surface area contributed by atoms with Gasteiger partial charge >= 0.3 is 0 Å². The number of nitriles is 1. The van der Waals surface area contributed by atoms with Crippen molar-refractivity contribution in [3.8, 4) is 11.9 Å². The van der Waals surface area contributed by atoms with Crippen LogP contribution in [-0.4, -0.2) is 18.1 Å². The molecule has 5 heteroatoms. The maximum Gasteiger partial charge on any atom is 0.213 e. The standard InChI is InChI=1S/C18H16FN3O/c19-15-6-11(7-20)4-5-12(15)10-23-17-3-1-2-16(22-17)18-13-8-21-9-14(13)18/h1-6,13-14,18,21H,8-10H2/t13-,14+,18?. The van der Waals surface area contributed by atoms with Crippen molar-refractivity contribution in [1.82, 2.24) is 10.3 Å². The predicted octanol–water partition coefficient (Wildman–Crippen LogP) is 2.60. The Bertz CT molecular complexity index is 776. The van der Waals surface area contributed by atoms with Crippen LogP contribution in [0.25, 0.3) is 0 Å². The van der Waals surface area contributed by atoms with Crippen molar-refractivity contribution in [3.05, 3.63) is 59.0 Å². The van der Waals surface area contributed by atoms with Crippen molar-refractivity contribution in [3.63, 3.8) is 0 Å². The Morgan fingerprint density at radius 3 is 2.83 bits per heavy atom. The minimum atomic E-state index is -0.428. The lowest BCUT2D eigenvalue weighted by atomic mass is 10.1. The normalized spacial score (nSPS) is 24.8. The second-order valence-electron chi connectivity index (χ2n) is 6.12. The van der Waals surface area contributed by atoms with Gasteiger partial charge in [0.05, 0.1) is 11.6 Å². The number of hydrogen-bond donors (Lipinski definition) is 1. The summed E-state index contributed by atoms with van der Waals surface area (Å²) in [5, 5.41) is 12.1. The second-order valence-corrected chi connectivity index (χ2v) is 6.12. The molecule has 2 fully saturated rings. The second kappa shape index (κ2) is 5.64. The Kier molecular flexibility index (Phi) is 3.47. The number of aromatic nitrogens is 1. The highest BCUT2D eigenvalue weighted by molar-refractivity contribution is 5.33. The molecule has 4 rings (SSSR count). The number of halogens is 1. The first-order chi connectivity index (χ1) is 11.3. The van der Waals surface area contributed by atoms with Crippen molar-refractivity contribution in [1.29, 1.82) is 5.26 Å². The molecule has 1 aliphatic carbocycles. The van der Waals surface area contributed by atoms with Gasteiger partial charge in [-0.15, -0.1) is 0 Å². The topological polar surface area (TPSA) is 57.9 Å². The van der Waals surface area contributed by atoms with E-state index in [1.54, 1.807) is 18.2 Å². The van der Waals surface area contributed by atoms with Crippen LogP contribution < -0.4 is 10.1 Å². The maximum absolute atomic E-state index is 13.9. The lowest BCUT2D eigenvalue weighted by Crippen LogP contribution is -2.14. The third-order valence-corrected chi connectivity index (χ3v) is 4.74. The summed E-state index contributed by atoms with van der Waals surface area (Å²) in [4.78, 5) is 4.57. The summed E-state index contributed by atoms with van der Waals surface area (Å²) in [5.41, 5.74) is 1.79. The fraction of sp³-hybridized carbons (Fsp3) is 0.333. The van der Waals surface area contributed by atoms with E-state index >= 15 is 0 Å². The van der Waals surface area contributed by atoms with E-state index in [0.29, 0.717) is 34.8 Å². The van der Waals surface area contributed by atoms with Crippen LogP contribution in [0, 0.1) is 29.0 Å². The number of piperidine rings is 1. The molecule has 2 heterocycles. The third kappa shape index (κ3) is 2.66. The van der Waals surface area contributed by atoms with Crippen LogP contribution in [0.3, 0.4) is 0 Å². The molecule has 23 heavy (non-hydrogen) atoms. The Labute approximate surface area is 133 Å². The van der Waals surface area contributed by atoms with Crippen molar-refractivity contribution >= 4 is 0 Å². The molecule has 1 aromatic heterocycles. The van der Waals surface area contributed by atoms with Crippen LogP contribution in [0.1, 0.15) is 22.7 Å². The van der Waals surface area contributed by atoms with Gasteiger partial charge in [0.15, 0.2) is 0 Å². The Balaban J connectivity index is 1.44. The molecule has 0 spiro atoms. The van der Waals surface area contributed by atoms with Crippen molar-refractivity contribution < 1.29 is 9.13 Å². The lowest BCUT2D eigenvalue weighted by molar-refractivity contribution is 0.287. The van der Waals surface area contributed by atoms with E-state index in [9.17, 15) is 4.39 Å². The zero-order valence-electron chi connectivity index (χ0n) is 12.5. The number of nitrogens with one attached hydrogen (secondary N) is 1. The number of ether oxygens (including phenoxy) is 1. The first-order valence-corrected chi connectivity index (χ1v) is 7.75. The average molecular weight is 309 g/mol. The molecule has 1 unspecified atom stereocenters. The minimum absolute atomic E-state index is 0.104. The number of nitrogens with zero attached hydrogens (tertiary/aromatic N) is 2. The van der Waals surface area contributed by atoms with Crippen molar-refractivity contribution in [2.24, 2.45) is 11.8 Å². The molecule has 0 amide bonds. The fourth-order valence-electron chi connectivity index (χ4n) is 3.44. The molecule has 1 aromatic carbocycles. The smallest absolute Gasteiger partial charge is 0.213 e.